The van der Waals surface area contributed by atoms with Gasteiger partial charge in [0.05, 0.1) is 12.7 Å². The lowest BCUT2D eigenvalue weighted by molar-refractivity contribution is 0.0628. The zero-order valence-corrected chi connectivity index (χ0v) is 13.3. The average molecular weight is 299 g/mol. The molecule has 1 saturated heterocycles. The first kappa shape index (κ1) is 17.4. The van der Waals surface area contributed by atoms with Gasteiger partial charge in [-0.05, 0) is 31.9 Å². The number of benzene rings is 1. The van der Waals surface area contributed by atoms with Gasteiger partial charge in [-0.25, -0.2) is 0 Å². The van der Waals surface area contributed by atoms with Crippen molar-refractivity contribution in [1.29, 1.82) is 0 Å². The van der Waals surface area contributed by atoms with Gasteiger partial charge in [-0.2, -0.15) is 0 Å². The van der Waals surface area contributed by atoms with Gasteiger partial charge in [-0.1, -0.05) is 30.3 Å². The maximum Gasteiger partial charge on any atom is 0.0596 e. The summed E-state index contributed by atoms with van der Waals surface area (Å²) in [6.45, 7) is 8.96. The van der Waals surface area contributed by atoms with Crippen molar-refractivity contribution in [3.63, 3.8) is 0 Å². The van der Waals surface area contributed by atoms with Crippen LogP contribution in [0, 0.1) is 5.92 Å². The van der Waals surface area contributed by atoms with Gasteiger partial charge in [0.15, 0.2) is 0 Å². The predicted octanol–water partition coefficient (Wildman–Crippen LogP) is 2.51. The van der Waals surface area contributed by atoms with Crippen molar-refractivity contribution in [2.24, 2.45) is 11.7 Å². The molecule has 1 aliphatic heterocycles. The highest BCUT2D eigenvalue weighted by Crippen LogP contribution is 2.31. The molecule has 2 N–H and O–H groups in total. The Bertz CT molecular complexity index is 372. The topological polar surface area (TPSA) is 38.5 Å². The second-order valence-corrected chi connectivity index (χ2v) is 5.69. The van der Waals surface area contributed by atoms with Crippen LogP contribution in [-0.4, -0.2) is 43.8 Å². The summed E-state index contributed by atoms with van der Waals surface area (Å²) in [6.07, 6.45) is 0.317. The van der Waals surface area contributed by atoms with Crippen molar-refractivity contribution in [3.05, 3.63) is 35.9 Å². The summed E-state index contributed by atoms with van der Waals surface area (Å²) in [5, 5.41) is 0. The fourth-order valence-corrected chi connectivity index (χ4v) is 2.88. The first-order chi connectivity index (χ1) is 9.20. The average Bonchev–Trinajstić information content (AvgIpc) is 2.82. The summed E-state index contributed by atoms with van der Waals surface area (Å²) in [5.74, 6) is 1.15. The summed E-state index contributed by atoms with van der Waals surface area (Å²) in [4.78, 5) is 2.48. The van der Waals surface area contributed by atoms with Crippen LogP contribution < -0.4 is 5.73 Å². The van der Waals surface area contributed by atoms with E-state index in [9.17, 15) is 0 Å². The zero-order valence-electron chi connectivity index (χ0n) is 12.5. The maximum atomic E-state index is 5.94. The molecule has 1 aromatic carbocycles. The largest absolute Gasteiger partial charge is 0.377 e. The number of rotatable bonds is 6. The van der Waals surface area contributed by atoms with Crippen molar-refractivity contribution in [1.82, 2.24) is 4.90 Å². The lowest BCUT2D eigenvalue weighted by Gasteiger charge is -2.17. The Hall–Kier alpha value is -0.610. The highest BCUT2D eigenvalue weighted by atomic mass is 35.5. The summed E-state index contributed by atoms with van der Waals surface area (Å²) < 4.78 is 5.64. The lowest BCUT2D eigenvalue weighted by atomic mass is 9.89. The van der Waals surface area contributed by atoms with Gasteiger partial charge in [0.1, 0.15) is 0 Å². The van der Waals surface area contributed by atoms with Gasteiger partial charge in [0.2, 0.25) is 0 Å². The number of hydrogen-bond acceptors (Lipinski definition) is 3. The molecule has 4 heteroatoms. The first-order valence-corrected chi connectivity index (χ1v) is 7.29. The van der Waals surface area contributed by atoms with Crippen LogP contribution >= 0.6 is 12.4 Å². The fourth-order valence-electron chi connectivity index (χ4n) is 2.88. The highest BCUT2D eigenvalue weighted by Gasteiger charge is 2.32. The Balaban J connectivity index is 0.00000200. The van der Waals surface area contributed by atoms with Gasteiger partial charge in [0.25, 0.3) is 0 Å². The monoisotopic (exact) mass is 298 g/mol. The minimum absolute atomic E-state index is 0. The molecule has 1 heterocycles. The molecule has 0 amide bonds. The van der Waals surface area contributed by atoms with E-state index in [-0.39, 0.29) is 12.4 Å². The summed E-state index contributed by atoms with van der Waals surface area (Å²) in [6, 6.07) is 10.8. The van der Waals surface area contributed by atoms with Crippen LogP contribution in [0.2, 0.25) is 0 Å². The van der Waals surface area contributed by atoms with E-state index in [1.54, 1.807) is 0 Å². The normalized spacial score (nSPS) is 23.0. The Morgan fingerprint density at radius 1 is 1.25 bits per heavy atom. The molecule has 20 heavy (non-hydrogen) atoms. The molecule has 2 rings (SSSR count). The van der Waals surface area contributed by atoms with Gasteiger partial charge < -0.3 is 15.4 Å². The van der Waals surface area contributed by atoms with Crippen LogP contribution in [0.25, 0.3) is 0 Å². The quantitative estimate of drug-likeness (QED) is 0.877. The standard InChI is InChI=1S/C16H26N2O.ClH/c1-13(2)19-9-8-18-11-15(10-17)16(12-18)14-6-4-3-5-7-14;/h3-7,13,15-16H,8-12,17H2,1-2H3;1H/t15-,16+;/m1./s1. The molecule has 2 atom stereocenters. The minimum Gasteiger partial charge on any atom is -0.377 e. The second kappa shape index (κ2) is 8.63. The molecule has 114 valence electrons. The second-order valence-electron chi connectivity index (χ2n) is 5.69. The summed E-state index contributed by atoms with van der Waals surface area (Å²) in [7, 11) is 0. The van der Waals surface area contributed by atoms with Crippen LogP contribution in [0.1, 0.15) is 25.3 Å². The van der Waals surface area contributed by atoms with E-state index < -0.39 is 0 Å². The molecule has 0 aromatic heterocycles. The molecule has 0 unspecified atom stereocenters. The third kappa shape index (κ3) is 4.74. The molecule has 0 spiro atoms. The number of hydrogen-bond donors (Lipinski definition) is 1. The van der Waals surface area contributed by atoms with E-state index >= 15 is 0 Å². The summed E-state index contributed by atoms with van der Waals surface area (Å²) >= 11 is 0. The van der Waals surface area contributed by atoms with Gasteiger partial charge in [-0.15, -0.1) is 12.4 Å². The number of nitrogens with two attached hydrogens (primary N) is 1. The number of halogens is 1. The number of likely N-dealkylation sites (tertiary alicyclic amines) is 1. The van der Waals surface area contributed by atoms with E-state index in [2.05, 4.69) is 49.1 Å². The lowest BCUT2D eigenvalue weighted by Crippen LogP contribution is -2.27. The van der Waals surface area contributed by atoms with Crippen LogP contribution in [0.4, 0.5) is 0 Å². The van der Waals surface area contributed by atoms with Crippen molar-refractivity contribution in [2.45, 2.75) is 25.9 Å². The van der Waals surface area contributed by atoms with Gasteiger partial charge >= 0.3 is 0 Å². The molecule has 0 saturated carbocycles. The molecular formula is C16H27ClN2O. The Labute approximate surface area is 128 Å². The molecule has 1 fully saturated rings. The molecule has 0 aliphatic carbocycles. The van der Waals surface area contributed by atoms with Crippen molar-refractivity contribution < 1.29 is 4.74 Å². The van der Waals surface area contributed by atoms with Crippen LogP contribution in [-0.2, 0) is 4.74 Å². The molecular weight excluding hydrogens is 272 g/mol. The Kier molecular flexibility index (Phi) is 7.52. The Morgan fingerprint density at radius 3 is 2.55 bits per heavy atom. The van der Waals surface area contributed by atoms with Crippen molar-refractivity contribution >= 4 is 12.4 Å². The molecule has 1 aromatic rings. The van der Waals surface area contributed by atoms with Crippen LogP contribution in [0.5, 0.6) is 0 Å². The van der Waals surface area contributed by atoms with Gasteiger partial charge in [-0.3, -0.25) is 0 Å². The molecule has 1 aliphatic rings. The first-order valence-electron chi connectivity index (χ1n) is 7.29. The van der Waals surface area contributed by atoms with E-state index in [1.165, 1.54) is 5.56 Å². The highest BCUT2D eigenvalue weighted by molar-refractivity contribution is 5.85. The molecule has 3 nitrogen and oxygen atoms in total. The maximum absolute atomic E-state index is 5.94. The smallest absolute Gasteiger partial charge is 0.0596 e. The van der Waals surface area contributed by atoms with E-state index in [4.69, 9.17) is 10.5 Å². The Morgan fingerprint density at radius 2 is 1.95 bits per heavy atom. The third-order valence-electron chi connectivity index (χ3n) is 3.91. The molecule has 0 radical (unpaired) electrons. The van der Waals surface area contributed by atoms with E-state index in [1.807, 2.05) is 0 Å². The zero-order chi connectivity index (χ0) is 13.7. The van der Waals surface area contributed by atoms with Gasteiger partial charge in [0, 0.05) is 25.6 Å². The van der Waals surface area contributed by atoms with E-state index in [0.717, 1.165) is 32.8 Å². The number of nitrogens with zero attached hydrogens (tertiary/aromatic N) is 1. The predicted molar refractivity (Wildman–Crippen MR) is 86.5 cm³/mol. The van der Waals surface area contributed by atoms with Crippen molar-refractivity contribution in [3.8, 4) is 0 Å². The minimum atomic E-state index is 0. The van der Waals surface area contributed by atoms with Crippen LogP contribution in [0.3, 0.4) is 0 Å². The fraction of sp³-hybridized carbons (Fsp3) is 0.625. The molecule has 0 bridgehead atoms. The van der Waals surface area contributed by atoms with Crippen LogP contribution in [0.15, 0.2) is 30.3 Å². The van der Waals surface area contributed by atoms with E-state index in [0.29, 0.717) is 17.9 Å². The third-order valence-corrected chi connectivity index (χ3v) is 3.91. The van der Waals surface area contributed by atoms with Crippen molar-refractivity contribution in [2.75, 3.05) is 32.8 Å². The SMILES string of the molecule is CC(C)OCCN1C[C@@H](CN)[C@H](c2ccccc2)C1.Cl. The summed E-state index contributed by atoms with van der Waals surface area (Å²) in [5.41, 5.74) is 7.36. The number of ether oxygens (including phenoxy) is 1.